The van der Waals surface area contributed by atoms with E-state index in [2.05, 4.69) is 0 Å². The van der Waals surface area contributed by atoms with E-state index in [9.17, 15) is 14.4 Å². The second-order valence-corrected chi connectivity index (χ2v) is 5.24. The van der Waals surface area contributed by atoms with Crippen LogP contribution in [0.3, 0.4) is 0 Å². The second-order valence-electron chi connectivity index (χ2n) is 5.24. The van der Waals surface area contributed by atoms with Gasteiger partial charge in [0, 0.05) is 12.1 Å². The number of likely N-dealkylation sites (tertiary alicyclic amines) is 1. The first-order valence-corrected chi connectivity index (χ1v) is 6.63. The summed E-state index contributed by atoms with van der Waals surface area (Å²) in [6.07, 6.45) is 0.777. The van der Waals surface area contributed by atoms with Crippen molar-refractivity contribution in [2.24, 2.45) is 0 Å². The molecule has 0 spiro atoms. The number of amides is 2. The Morgan fingerprint density at radius 1 is 1.42 bits per heavy atom. The van der Waals surface area contributed by atoms with E-state index >= 15 is 0 Å². The molecule has 0 radical (unpaired) electrons. The zero-order valence-corrected chi connectivity index (χ0v) is 11.9. The number of carbonyl (C=O) groups is 3. The highest BCUT2D eigenvalue weighted by Crippen LogP contribution is 2.23. The Bertz CT molecular complexity index is 381. The molecule has 1 rings (SSSR count). The van der Waals surface area contributed by atoms with Crippen molar-refractivity contribution >= 4 is 17.8 Å². The maximum Gasteiger partial charge on any atom is 0.317 e. The van der Waals surface area contributed by atoms with Crippen molar-refractivity contribution in [3.8, 4) is 0 Å². The number of nitrogens with zero attached hydrogens (tertiary/aromatic N) is 2. The lowest BCUT2D eigenvalue weighted by Crippen LogP contribution is -2.49. The summed E-state index contributed by atoms with van der Waals surface area (Å²) in [5.41, 5.74) is 0. The van der Waals surface area contributed by atoms with Gasteiger partial charge in [0.25, 0.3) is 0 Å². The number of hydrogen-bond acceptors (Lipinski definition) is 4. The summed E-state index contributed by atoms with van der Waals surface area (Å²) >= 11 is 0. The number of aliphatic carboxylic acids is 1. The van der Waals surface area contributed by atoms with Crippen molar-refractivity contribution in [1.82, 2.24) is 9.80 Å². The molecule has 0 aliphatic carbocycles. The summed E-state index contributed by atoms with van der Waals surface area (Å²) in [5.74, 6) is -1.47. The van der Waals surface area contributed by atoms with E-state index in [-0.39, 0.29) is 36.9 Å². The van der Waals surface area contributed by atoms with Crippen LogP contribution in [0.5, 0.6) is 0 Å². The zero-order valence-electron chi connectivity index (χ0n) is 11.9. The smallest absolute Gasteiger partial charge is 0.317 e. The molecule has 0 aromatic rings. The Morgan fingerprint density at radius 3 is 2.42 bits per heavy atom. The summed E-state index contributed by atoms with van der Waals surface area (Å²) in [7, 11) is 0. The molecule has 6 nitrogen and oxygen atoms in total. The minimum atomic E-state index is -0.990. The van der Waals surface area contributed by atoms with Gasteiger partial charge in [-0.15, -0.1) is 0 Å². The van der Waals surface area contributed by atoms with Crippen LogP contribution in [0.15, 0.2) is 0 Å². The quantitative estimate of drug-likeness (QED) is 0.719. The number of carbonyl (C=O) groups excluding carboxylic acids is 2. The third-order valence-electron chi connectivity index (χ3n) is 3.57. The molecule has 1 aliphatic rings. The van der Waals surface area contributed by atoms with Gasteiger partial charge in [0.05, 0.1) is 19.0 Å². The average Bonchev–Trinajstić information content (AvgIpc) is 2.60. The Balaban J connectivity index is 2.92. The highest BCUT2D eigenvalue weighted by atomic mass is 16.4. The Morgan fingerprint density at radius 2 is 2.00 bits per heavy atom. The fourth-order valence-electron chi connectivity index (χ4n) is 2.35. The predicted octanol–water partition coefficient (Wildman–Crippen LogP) is 0.707. The van der Waals surface area contributed by atoms with E-state index in [4.69, 9.17) is 5.11 Å². The van der Waals surface area contributed by atoms with E-state index in [1.165, 1.54) is 4.90 Å². The number of carboxylic acids is 1. The van der Waals surface area contributed by atoms with Crippen molar-refractivity contribution in [3.05, 3.63) is 0 Å². The van der Waals surface area contributed by atoms with E-state index < -0.39 is 12.0 Å². The van der Waals surface area contributed by atoms with E-state index in [0.29, 0.717) is 6.42 Å². The molecule has 1 fully saturated rings. The molecule has 108 valence electrons. The maximum absolute atomic E-state index is 12.3. The lowest BCUT2D eigenvalue weighted by Gasteiger charge is -2.30. The monoisotopic (exact) mass is 270 g/mol. The van der Waals surface area contributed by atoms with Crippen molar-refractivity contribution in [2.45, 2.75) is 58.7 Å². The van der Waals surface area contributed by atoms with Crippen molar-refractivity contribution in [1.29, 1.82) is 0 Å². The van der Waals surface area contributed by atoms with Gasteiger partial charge in [-0.05, 0) is 27.2 Å². The molecule has 1 N–H and O–H groups in total. The van der Waals surface area contributed by atoms with Crippen LogP contribution in [-0.4, -0.2) is 57.4 Å². The highest BCUT2D eigenvalue weighted by molar-refractivity contribution is 6.06. The van der Waals surface area contributed by atoms with Crippen LogP contribution in [0, 0.1) is 0 Å². The van der Waals surface area contributed by atoms with Crippen molar-refractivity contribution in [3.63, 3.8) is 0 Å². The first-order valence-electron chi connectivity index (χ1n) is 6.63. The Kier molecular flexibility index (Phi) is 5.05. The Hall–Kier alpha value is -1.43. The van der Waals surface area contributed by atoms with Gasteiger partial charge < -0.3 is 5.11 Å². The van der Waals surface area contributed by atoms with Gasteiger partial charge in [-0.25, -0.2) is 0 Å². The minimum Gasteiger partial charge on any atom is -0.480 e. The number of imide groups is 1. The van der Waals surface area contributed by atoms with Crippen LogP contribution in [0.2, 0.25) is 0 Å². The van der Waals surface area contributed by atoms with E-state index in [0.717, 1.165) is 0 Å². The molecule has 19 heavy (non-hydrogen) atoms. The standard InChI is InChI=1S/C13H22N2O4/c1-5-9(4)15-11(16)6-10(13(15)19)14(8(2)3)7-12(17)18/h8-10H,5-7H2,1-4H3,(H,17,18). The molecule has 2 unspecified atom stereocenters. The van der Waals surface area contributed by atoms with Crippen LogP contribution >= 0.6 is 0 Å². The molecule has 0 saturated carbocycles. The predicted molar refractivity (Wildman–Crippen MR) is 69.5 cm³/mol. The molecule has 1 aliphatic heterocycles. The molecule has 1 saturated heterocycles. The summed E-state index contributed by atoms with van der Waals surface area (Å²) in [5, 5.41) is 8.92. The largest absolute Gasteiger partial charge is 0.480 e. The minimum absolute atomic E-state index is 0.0780. The zero-order chi connectivity index (χ0) is 14.7. The molecule has 0 aromatic carbocycles. The van der Waals surface area contributed by atoms with Gasteiger partial charge in [0.15, 0.2) is 0 Å². The Labute approximate surface area is 113 Å². The fraction of sp³-hybridized carbons (Fsp3) is 0.769. The first-order chi connectivity index (χ1) is 8.79. The maximum atomic E-state index is 12.3. The normalized spacial score (nSPS) is 21.6. The van der Waals surface area contributed by atoms with E-state index in [1.54, 1.807) is 4.90 Å². The van der Waals surface area contributed by atoms with Crippen molar-refractivity contribution in [2.75, 3.05) is 6.54 Å². The average molecular weight is 270 g/mol. The number of carboxylic acid groups (broad SMARTS) is 1. The molecular formula is C13H22N2O4. The van der Waals surface area contributed by atoms with Gasteiger partial charge in [0.2, 0.25) is 11.8 Å². The molecule has 2 atom stereocenters. The van der Waals surface area contributed by atoms with Crippen LogP contribution in [-0.2, 0) is 14.4 Å². The molecule has 6 heteroatoms. The summed E-state index contributed by atoms with van der Waals surface area (Å²) in [6, 6.07) is -0.879. The lowest BCUT2D eigenvalue weighted by atomic mass is 10.1. The number of rotatable bonds is 6. The van der Waals surface area contributed by atoms with Crippen molar-refractivity contribution < 1.29 is 19.5 Å². The van der Waals surface area contributed by atoms with Crippen LogP contribution in [0.4, 0.5) is 0 Å². The SMILES string of the molecule is CCC(C)N1C(=O)CC(N(CC(=O)O)C(C)C)C1=O. The summed E-state index contributed by atoms with van der Waals surface area (Å²) < 4.78 is 0. The molecular weight excluding hydrogens is 248 g/mol. The third kappa shape index (κ3) is 3.32. The molecule has 0 aromatic heterocycles. The summed E-state index contributed by atoms with van der Waals surface area (Å²) in [4.78, 5) is 38.0. The second kappa shape index (κ2) is 6.14. The lowest BCUT2D eigenvalue weighted by molar-refractivity contribution is -0.143. The van der Waals surface area contributed by atoms with Crippen LogP contribution < -0.4 is 0 Å². The topological polar surface area (TPSA) is 77.9 Å². The van der Waals surface area contributed by atoms with Gasteiger partial charge in [-0.2, -0.15) is 0 Å². The molecule has 2 amide bonds. The number of hydrogen-bond donors (Lipinski definition) is 1. The van der Waals surface area contributed by atoms with Gasteiger partial charge in [-0.1, -0.05) is 6.92 Å². The van der Waals surface area contributed by atoms with E-state index in [1.807, 2.05) is 27.7 Å². The first kappa shape index (κ1) is 15.6. The van der Waals surface area contributed by atoms with Crippen LogP contribution in [0.1, 0.15) is 40.5 Å². The fourth-order valence-corrected chi connectivity index (χ4v) is 2.35. The summed E-state index contributed by atoms with van der Waals surface area (Å²) in [6.45, 7) is 7.17. The molecule has 0 bridgehead atoms. The van der Waals surface area contributed by atoms with Gasteiger partial charge in [0.1, 0.15) is 0 Å². The van der Waals surface area contributed by atoms with Gasteiger partial charge >= 0.3 is 5.97 Å². The van der Waals surface area contributed by atoms with Crippen LogP contribution in [0.25, 0.3) is 0 Å². The van der Waals surface area contributed by atoms with Gasteiger partial charge in [-0.3, -0.25) is 24.2 Å². The highest BCUT2D eigenvalue weighted by Gasteiger charge is 2.44. The molecule has 1 heterocycles. The third-order valence-corrected chi connectivity index (χ3v) is 3.57.